The Balaban J connectivity index is 2.16. The third-order valence-corrected chi connectivity index (χ3v) is 3.43. The molecule has 1 unspecified atom stereocenters. The SMILES string of the molecule is CNC(/C1=C/CCCCCC1)c1ccnnc1. The Morgan fingerprint density at radius 2 is 2.06 bits per heavy atom. The highest BCUT2D eigenvalue weighted by Crippen LogP contribution is 2.27. The molecule has 1 aliphatic rings. The fourth-order valence-electron chi connectivity index (χ4n) is 2.52. The van der Waals surface area contributed by atoms with Gasteiger partial charge in [-0.05, 0) is 44.4 Å². The molecule has 0 fully saturated rings. The van der Waals surface area contributed by atoms with Gasteiger partial charge in [0.25, 0.3) is 0 Å². The van der Waals surface area contributed by atoms with Crippen molar-refractivity contribution in [3.63, 3.8) is 0 Å². The monoisotopic (exact) mass is 231 g/mol. The number of allylic oxidation sites excluding steroid dienone is 1. The van der Waals surface area contributed by atoms with Crippen LogP contribution in [-0.2, 0) is 0 Å². The number of rotatable bonds is 3. The van der Waals surface area contributed by atoms with Crippen LogP contribution in [0, 0.1) is 0 Å². The lowest BCUT2D eigenvalue weighted by molar-refractivity contribution is 0.572. The molecule has 0 spiro atoms. The fraction of sp³-hybridized carbons (Fsp3) is 0.571. The molecule has 0 bridgehead atoms. The van der Waals surface area contributed by atoms with Gasteiger partial charge in [0.15, 0.2) is 0 Å². The number of nitrogens with zero attached hydrogens (tertiary/aromatic N) is 2. The van der Waals surface area contributed by atoms with E-state index in [1.54, 1.807) is 6.20 Å². The molecule has 1 atom stereocenters. The Kier molecular flexibility index (Phi) is 4.68. The fourth-order valence-corrected chi connectivity index (χ4v) is 2.52. The maximum absolute atomic E-state index is 3.97. The van der Waals surface area contributed by atoms with Crippen molar-refractivity contribution in [2.75, 3.05) is 7.05 Å². The van der Waals surface area contributed by atoms with Gasteiger partial charge >= 0.3 is 0 Å². The molecule has 92 valence electrons. The average molecular weight is 231 g/mol. The highest BCUT2D eigenvalue weighted by Gasteiger charge is 2.15. The average Bonchev–Trinajstić information content (AvgIpc) is 2.34. The molecule has 0 saturated carbocycles. The van der Waals surface area contributed by atoms with Crippen LogP contribution in [0.5, 0.6) is 0 Å². The molecule has 1 aromatic heterocycles. The zero-order valence-corrected chi connectivity index (χ0v) is 10.5. The lowest BCUT2D eigenvalue weighted by Crippen LogP contribution is -2.19. The second kappa shape index (κ2) is 6.50. The minimum Gasteiger partial charge on any atom is -0.310 e. The van der Waals surface area contributed by atoms with Gasteiger partial charge in [-0.3, -0.25) is 0 Å². The number of hydrogen-bond acceptors (Lipinski definition) is 3. The van der Waals surface area contributed by atoms with Crippen LogP contribution in [0.4, 0.5) is 0 Å². The van der Waals surface area contributed by atoms with Crippen molar-refractivity contribution in [2.24, 2.45) is 0 Å². The van der Waals surface area contributed by atoms with Crippen molar-refractivity contribution >= 4 is 0 Å². The van der Waals surface area contributed by atoms with Crippen LogP contribution in [0.15, 0.2) is 30.1 Å². The van der Waals surface area contributed by atoms with Crippen molar-refractivity contribution in [3.05, 3.63) is 35.7 Å². The quantitative estimate of drug-likeness (QED) is 0.813. The normalized spacial score (nSPS) is 22.1. The summed E-state index contributed by atoms with van der Waals surface area (Å²) >= 11 is 0. The predicted molar refractivity (Wildman–Crippen MR) is 69.6 cm³/mol. The van der Waals surface area contributed by atoms with Gasteiger partial charge in [0.1, 0.15) is 0 Å². The van der Waals surface area contributed by atoms with Crippen molar-refractivity contribution in [2.45, 2.75) is 44.6 Å². The van der Waals surface area contributed by atoms with Crippen LogP contribution < -0.4 is 5.32 Å². The van der Waals surface area contributed by atoms with Crippen molar-refractivity contribution in [3.8, 4) is 0 Å². The van der Waals surface area contributed by atoms with E-state index in [0.29, 0.717) is 6.04 Å². The smallest absolute Gasteiger partial charge is 0.0550 e. The summed E-state index contributed by atoms with van der Waals surface area (Å²) in [7, 11) is 2.02. The second-order valence-corrected chi connectivity index (χ2v) is 4.63. The Morgan fingerprint density at radius 3 is 2.82 bits per heavy atom. The van der Waals surface area contributed by atoms with Crippen molar-refractivity contribution in [1.29, 1.82) is 0 Å². The van der Waals surface area contributed by atoms with E-state index >= 15 is 0 Å². The first kappa shape index (κ1) is 12.2. The van der Waals surface area contributed by atoms with Gasteiger partial charge in [0, 0.05) is 6.20 Å². The van der Waals surface area contributed by atoms with Crippen LogP contribution in [0.1, 0.15) is 50.1 Å². The maximum atomic E-state index is 3.97. The zero-order valence-electron chi connectivity index (χ0n) is 10.5. The first-order valence-electron chi connectivity index (χ1n) is 6.54. The number of hydrogen-bond donors (Lipinski definition) is 1. The van der Waals surface area contributed by atoms with Gasteiger partial charge in [-0.25, -0.2) is 0 Å². The summed E-state index contributed by atoms with van der Waals surface area (Å²) in [4.78, 5) is 0. The Labute approximate surface area is 103 Å². The molecule has 0 amide bonds. The van der Waals surface area contributed by atoms with E-state index in [4.69, 9.17) is 0 Å². The molecule has 1 aliphatic carbocycles. The van der Waals surface area contributed by atoms with E-state index in [9.17, 15) is 0 Å². The molecular formula is C14H21N3. The van der Waals surface area contributed by atoms with E-state index in [1.807, 2.05) is 19.3 Å². The minimum absolute atomic E-state index is 0.309. The lowest BCUT2D eigenvalue weighted by Gasteiger charge is -2.21. The summed E-state index contributed by atoms with van der Waals surface area (Å²) in [5.41, 5.74) is 2.73. The Hall–Kier alpha value is -1.22. The molecule has 2 rings (SSSR count). The third kappa shape index (κ3) is 3.37. The molecule has 1 heterocycles. The van der Waals surface area contributed by atoms with Crippen LogP contribution in [-0.4, -0.2) is 17.2 Å². The molecule has 1 aromatic rings. The number of nitrogens with one attached hydrogen (secondary N) is 1. The summed E-state index contributed by atoms with van der Waals surface area (Å²) in [5.74, 6) is 0. The van der Waals surface area contributed by atoms with Gasteiger partial charge in [0.05, 0.1) is 12.2 Å². The largest absolute Gasteiger partial charge is 0.310 e. The molecular weight excluding hydrogens is 210 g/mol. The van der Waals surface area contributed by atoms with Gasteiger partial charge in [0.2, 0.25) is 0 Å². The topological polar surface area (TPSA) is 37.8 Å². The first-order valence-corrected chi connectivity index (χ1v) is 6.54. The number of aromatic nitrogens is 2. The van der Waals surface area contributed by atoms with E-state index in [2.05, 4.69) is 21.6 Å². The summed E-state index contributed by atoms with van der Waals surface area (Å²) in [6.07, 6.45) is 13.8. The van der Waals surface area contributed by atoms with Crippen molar-refractivity contribution < 1.29 is 0 Å². The molecule has 3 nitrogen and oxygen atoms in total. The van der Waals surface area contributed by atoms with Crippen LogP contribution >= 0.6 is 0 Å². The van der Waals surface area contributed by atoms with Crippen LogP contribution in [0.25, 0.3) is 0 Å². The standard InChI is InChI=1S/C14H21N3/c1-15-14(13-9-10-16-17-11-13)12-7-5-3-2-4-6-8-12/h7,9-11,14-15H,2-6,8H2,1H3/b12-7+. The molecule has 0 radical (unpaired) electrons. The Morgan fingerprint density at radius 1 is 1.18 bits per heavy atom. The van der Waals surface area contributed by atoms with Gasteiger partial charge < -0.3 is 5.32 Å². The summed E-state index contributed by atoms with van der Waals surface area (Å²) < 4.78 is 0. The van der Waals surface area contributed by atoms with Crippen molar-refractivity contribution in [1.82, 2.24) is 15.5 Å². The summed E-state index contributed by atoms with van der Waals surface area (Å²) in [6, 6.07) is 2.36. The molecule has 0 aliphatic heterocycles. The van der Waals surface area contributed by atoms with E-state index in [-0.39, 0.29) is 0 Å². The Bertz CT molecular complexity index is 359. The molecule has 3 heteroatoms. The molecule has 1 N–H and O–H groups in total. The molecule has 17 heavy (non-hydrogen) atoms. The van der Waals surface area contributed by atoms with Gasteiger partial charge in [-0.2, -0.15) is 10.2 Å². The maximum Gasteiger partial charge on any atom is 0.0550 e. The number of likely N-dealkylation sites (N-methyl/N-ethyl adjacent to an activating group) is 1. The third-order valence-electron chi connectivity index (χ3n) is 3.43. The van der Waals surface area contributed by atoms with Gasteiger partial charge in [-0.15, -0.1) is 0 Å². The van der Waals surface area contributed by atoms with E-state index in [1.165, 1.54) is 49.7 Å². The summed E-state index contributed by atoms with van der Waals surface area (Å²) in [5, 5.41) is 11.2. The highest BCUT2D eigenvalue weighted by atomic mass is 15.1. The van der Waals surface area contributed by atoms with Gasteiger partial charge in [-0.1, -0.05) is 24.5 Å². The lowest BCUT2D eigenvalue weighted by atomic mass is 9.92. The first-order chi connectivity index (χ1) is 8.42. The van der Waals surface area contributed by atoms with Crippen LogP contribution in [0.3, 0.4) is 0 Å². The van der Waals surface area contributed by atoms with Crippen LogP contribution in [0.2, 0.25) is 0 Å². The second-order valence-electron chi connectivity index (χ2n) is 4.63. The predicted octanol–water partition coefficient (Wildman–Crippen LogP) is 3.02. The molecule has 0 aromatic carbocycles. The minimum atomic E-state index is 0.309. The zero-order chi connectivity index (χ0) is 11.9. The molecule has 0 saturated heterocycles. The summed E-state index contributed by atoms with van der Waals surface area (Å²) in [6.45, 7) is 0. The highest BCUT2D eigenvalue weighted by molar-refractivity contribution is 5.25. The van der Waals surface area contributed by atoms with E-state index in [0.717, 1.165) is 0 Å². The van der Waals surface area contributed by atoms with E-state index < -0.39 is 0 Å².